The van der Waals surface area contributed by atoms with Crippen LogP contribution in [0.5, 0.6) is 0 Å². The van der Waals surface area contributed by atoms with E-state index in [1.807, 2.05) is 0 Å². The second-order valence-corrected chi connectivity index (χ2v) is 5.73. The van der Waals surface area contributed by atoms with Crippen LogP contribution in [0, 0.1) is 5.82 Å². The number of benzene rings is 2. The zero-order valence-electron chi connectivity index (χ0n) is 10.4. The zero-order chi connectivity index (χ0) is 14.7. The Hall–Kier alpha value is -0.800. The summed E-state index contributed by atoms with van der Waals surface area (Å²) in [6.07, 6.45) is 0.00336. The Labute approximate surface area is 131 Å². The third kappa shape index (κ3) is 3.86. The van der Waals surface area contributed by atoms with Crippen LogP contribution in [0.25, 0.3) is 0 Å². The summed E-state index contributed by atoms with van der Waals surface area (Å²) in [7, 11) is 0. The van der Waals surface area contributed by atoms with Crippen molar-refractivity contribution in [2.75, 3.05) is 0 Å². The van der Waals surface area contributed by atoms with Gasteiger partial charge in [0.15, 0.2) is 0 Å². The average molecular weight is 334 g/mol. The van der Waals surface area contributed by atoms with Crippen LogP contribution in [-0.2, 0) is 12.8 Å². The van der Waals surface area contributed by atoms with Gasteiger partial charge in [-0.3, -0.25) is 0 Å². The smallest absolute Gasteiger partial charge is 0.141 e. The molecule has 0 radical (unpaired) electrons. The lowest BCUT2D eigenvalue weighted by Crippen LogP contribution is -2.14. The maximum atomic E-state index is 13.1. The van der Waals surface area contributed by atoms with Crippen molar-refractivity contribution in [3.8, 4) is 0 Å². The molecule has 2 rings (SSSR count). The van der Waals surface area contributed by atoms with Crippen LogP contribution in [0.3, 0.4) is 0 Å². The Morgan fingerprint density at radius 2 is 1.60 bits per heavy atom. The summed E-state index contributed by atoms with van der Waals surface area (Å²) in [5.41, 5.74) is 1.46. The molecule has 0 aliphatic carbocycles. The van der Waals surface area contributed by atoms with Gasteiger partial charge in [-0.15, -0.1) is 0 Å². The lowest BCUT2D eigenvalue weighted by Gasteiger charge is -2.13. The lowest BCUT2D eigenvalue weighted by molar-refractivity contribution is 0.175. The summed E-state index contributed by atoms with van der Waals surface area (Å²) < 4.78 is 13.1. The Balaban J connectivity index is 2.09. The van der Waals surface area contributed by atoms with Gasteiger partial charge in [-0.2, -0.15) is 0 Å². The molecule has 0 saturated carbocycles. The highest BCUT2D eigenvalue weighted by atomic mass is 35.5. The van der Waals surface area contributed by atoms with Crippen molar-refractivity contribution in [3.05, 3.63) is 68.4 Å². The predicted molar refractivity (Wildman–Crippen MR) is 81.3 cm³/mol. The van der Waals surface area contributed by atoms with E-state index >= 15 is 0 Å². The van der Waals surface area contributed by atoms with E-state index in [0.717, 1.165) is 5.56 Å². The van der Waals surface area contributed by atoms with Gasteiger partial charge < -0.3 is 5.11 Å². The molecular weight excluding hydrogens is 322 g/mol. The molecule has 20 heavy (non-hydrogen) atoms. The number of hydrogen-bond acceptors (Lipinski definition) is 1. The summed E-state index contributed by atoms with van der Waals surface area (Å²) in [5, 5.41) is 11.2. The minimum atomic E-state index is -0.672. The molecule has 0 fully saturated rings. The van der Waals surface area contributed by atoms with E-state index in [1.54, 1.807) is 24.3 Å². The highest BCUT2D eigenvalue weighted by Gasteiger charge is 2.13. The molecule has 0 heterocycles. The van der Waals surface area contributed by atoms with Crippen molar-refractivity contribution in [1.29, 1.82) is 0 Å². The third-order valence-corrected chi connectivity index (χ3v) is 3.95. The van der Waals surface area contributed by atoms with Gasteiger partial charge in [0.25, 0.3) is 0 Å². The van der Waals surface area contributed by atoms with Crippen LogP contribution in [0.15, 0.2) is 36.4 Å². The van der Waals surface area contributed by atoms with Gasteiger partial charge in [-0.1, -0.05) is 46.9 Å². The van der Waals surface area contributed by atoms with E-state index in [-0.39, 0.29) is 5.02 Å². The van der Waals surface area contributed by atoms with E-state index in [9.17, 15) is 9.50 Å². The van der Waals surface area contributed by atoms with Crippen molar-refractivity contribution >= 4 is 34.8 Å². The molecule has 0 aliphatic rings. The maximum absolute atomic E-state index is 13.1. The molecule has 0 saturated heterocycles. The van der Waals surface area contributed by atoms with Gasteiger partial charge in [0, 0.05) is 16.5 Å². The first-order valence-electron chi connectivity index (χ1n) is 6.02. The van der Waals surface area contributed by atoms with Crippen LogP contribution < -0.4 is 0 Å². The first-order valence-corrected chi connectivity index (χ1v) is 7.15. The van der Waals surface area contributed by atoms with Crippen molar-refractivity contribution in [1.82, 2.24) is 0 Å². The molecule has 0 aromatic heterocycles. The molecule has 1 unspecified atom stereocenters. The van der Waals surface area contributed by atoms with E-state index in [0.29, 0.717) is 28.5 Å². The van der Waals surface area contributed by atoms with Gasteiger partial charge in [0.2, 0.25) is 0 Å². The first kappa shape index (κ1) is 15.6. The molecule has 1 N–H and O–H groups in total. The topological polar surface area (TPSA) is 20.2 Å². The van der Waals surface area contributed by atoms with Gasteiger partial charge >= 0.3 is 0 Å². The van der Waals surface area contributed by atoms with Gasteiger partial charge in [-0.05, 0) is 41.8 Å². The highest BCUT2D eigenvalue weighted by molar-refractivity contribution is 6.36. The largest absolute Gasteiger partial charge is 0.392 e. The summed E-state index contributed by atoms with van der Waals surface area (Å²) in [4.78, 5) is 0. The number of hydrogen-bond donors (Lipinski definition) is 1. The van der Waals surface area contributed by atoms with Crippen molar-refractivity contribution in [3.63, 3.8) is 0 Å². The third-order valence-electron chi connectivity index (χ3n) is 2.96. The minimum Gasteiger partial charge on any atom is -0.392 e. The molecule has 0 spiro atoms. The molecule has 0 aliphatic heterocycles. The number of aliphatic hydroxyl groups is 1. The number of aliphatic hydroxyl groups excluding tert-OH is 1. The fourth-order valence-corrected chi connectivity index (χ4v) is 2.73. The monoisotopic (exact) mass is 332 g/mol. The predicted octanol–water partition coefficient (Wildman–Crippen LogP) is 4.93. The van der Waals surface area contributed by atoms with Gasteiger partial charge in [0.1, 0.15) is 5.82 Å². The first-order chi connectivity index (χ1) is 9.47. The number of halogens is 4. The quantitative estimate of drug-likeness (QED) is 0.841. The van der Waals surface area contributed by atoms with E-state index in [1.165, 1.54) is 12.1 Å². The molecule has 0 bridgehead atoms. The van der Waals surface area contributed by atoms with E-state index in [4.69, 9.17) is 34.8 Å². The molecule has 5 heteroatoms. The SMILES string of the molecule is OC(Cc1ccc(F)c(Cl)c1)Cc1c(Cl)cccc1Cl. The van der Waals surface area contributed by atoms with Crippen LogP contribution in [-0.4, -0.2) is 11.2 Å². The van der Waals surface area contributed by atoms with Gasteiger partial charge in [-0.25, -0.2) is 4.39 Å². The molecule has 1 atom stereocenters. The zero-order valence-corrected chi connectivity index (χ0v) is 12.7. The fraction of sp³-hybridized carbons (Fsp3) is 0.200. The fourth-order valence-electron chi connectivity index (χ4n) is 1.97. The second-order valence-electron chi connectivity index (χ2n) is 4.51. The standard InChI is InChI=1S/C15H12Cl3FO/c16-12-2-1-3-13(17)11(12)8-10(20)6-9-4-5-15(19)14(18)7-9/h1-5,7,10,20H,6,8H2. The Kier molecular flexibility index (Phi) is 5.28. The van der Waals surface area contributed by atoms with Gasteiger partial charge in [0.05, 0.1) is 11.1 Å². The molecule has 106 valence electrons. The van der Waals surface area contributed by atoms with Crippen LogP contribution in [0.2, 0.25) is 15.1 Å². The van der Waals surface area contributed by atoms with Crippen LogP contribution >= 0.6 is 34.8 Å². The minimum absolute atomic E-state index is 0.0467. The summed E-state index contributed by atoms with van der Waals surface area (Å²) in [6, 6.07) is 9.59. The van der Waals surface area contributed by atoms with Crippen molar-refractivity contribution < 1.29 is 9.50 Å². The van der Waals surface area contributed by atoms with E-state index in [2.05, 4.69) is 0 Å². The average Bonchev–Trinajstić information content (AvgIpc) is 2.38. The second kappa shape index (κ2) is 6.77. The van der Waals surface area contributed by atoms with Crippen molar-refractivity contribution in [2.45, 2.75) is 18.9 Å². The highest BCUT2D eigenvalue weighted by Crippen LogP contribution is 2.26. The Bertz CT molecular complexity index is 596. The van der Waals surface area contributed by atoms with E-state index < -0.39 is 11.9 Å². The maximum Gasteiger partial charge on any atom is 0.141 e. The Morgan fingerprint density at radius 1 is 0.950 bits per heavy atom. The molecule has 1 nitrogen and oxygen atoms in total. The normalized spacial score (nSPS) is 12.4. The number of rotatable bonds is 4. The molecule has 0 amide bonds. The lowest BCUT2D eigenvalue weighted by atomic mass is 10.0. The van der Waals surface area contributed by atoms with Crippen LogP contribution in [0.1, 0.15) is 11.1 Å². The summed E-state index contributed by atoms with van der Waals surface area (Å²) in [5.74, 6) is -0.473. The van der Waals surface area contributed by atoms with Crippen molar-refractivity contribution in [2.24, 2.45) is 0 Å². The molecule has 2 aromatic rings. The Morgan fingerprint density at radius 3 is 2.20 bits per heavy atom. The molecular formula is C15H12Cl3FO. The summed E-state index contributed by atoms with van der Waals surface area (Å²) in [6.45, 7) is 0. The van der Waals surface area contributed by atoms with Crippen LogP contribution in [0.4, 0.5) is 4.39 Å². The summed E-state index contributed by atoms with van der Waals surface area (Å²) >= 11 is 17.8. The molecule has 2 aromatic carbocycles.